The fourth-order valence-electron chi connectivity index (χ4n) is 3.91. The Morgan fingerprint density at radius 1 is 1.15 bits per heavy atom. The molecule has 1 N–H and O–H groups in total. The van der Waals surface area contributed by atoms with Gasteiger partial charge in [0.15, 0.2) is 0 Å². The first-order valence-electron chi connectivity index (χ1n) is 11.7. The molecule has 3 aromatic rings. The van der Waals surface area contributed by atoms with Crippen molar-refractivity contribution < 1.29 is 13.2 Å². The Balaban J connectivity index is 1.75. The molecule has 0 saturated carbocycles. The highest BCUT2D eigenvalue weighted by molar-refractivity contribution is 7.89. The van der Waals surface area contributed by atoms with Crippen molar-refractivity contribution in [1.29, 1.82) is 0 Å². The Bertz CT molecular complexity index is 1140. The number of ether oxygens (including phenoxy) is 1. The molecule has 7 nitrogen and oxygen atoms in total. The summed E-state index contributed by atoms with van der Waals surface area (Å²) in [7, 11) is -1.97. The monoisotopic (exact) mass is 472 g/mol. The molecule has 0 unspecified atom stereocenters. The molecule has 0 aliphatic carbocycles. The van der Waals surface area contributed by atoms with Gasteiger partial charge in [0.1, 0.15) is 5.82 Å². The van der Waals surface area contributed by atoms with Crippen molar-refractivity contribution in [1.82, 2.24) is 19.3 Å². The van der Waals surface area contributed by atoms with Gasteiger partial charge in [0, 0.05) is 32.3 Å². The zero-order valence-electron chi connectivity index (χ0n) is 20.3. The number of benzene rings is 1. The van der Waals surface area contributed by atoms with Crippen LogP contribution in [0, 0.1) is 12.8 Å². The summed E-state index contributed by atoms with van der Waals surface area (Å²) in [6, 6.07) is 8.78. The first-order valence-corrected chi connectivity index (χ1v) is 13.1. The molecule has 0 amide bonds. The van der Waals surface area contributed by atoms with Crippen molar-refractivity contribution in [3.63, 3.8) is 0 Å². The van der Waals surface area contributed by atoms with Gasteiger partial charge in [-0.25, -0.2) is 13.4 Å². The fraction of sp³-hybridized carbons (Fsp3) is 0.520. The van der Waals surface area contributed by atoms with Crippen LogP contribution in [0.2, 0.25) is 0 Å². The van der Waals surface area contributed by atoms with E-state index in [0.717, 1.165) is 47.4 Å². The van der Waals surface area contributed by atoms with Crippen molar-refractivity contribution in [3.8, 4) is 0 Å². The molecule has 2 heterocycles. The second-order valence-electron chi connectivity index (χ2n) is 9.03. The lowest BCUT2D eigenvalue weighted by atomic mass is 10.0. The predicted octanol–water partition coefficient (Wildman–Crippen LogP) is 4.71. The number of unbranched alkanes of at least 4 members (excludes halogenated alkanes) is 1. The Kier molecular flexibility index (Phi) is 8.62. The van der Waals surface area contributed by atoms with E-state index >= 15 is 0 Å². The maximum atomic E-state index is 13.3. The standard InChI is InChI=1S/C25H36N4O3S/c1-6-7-14-32-17-21(15-18(2)3)29(5)33(30,31)22-10-8-20(9-11-22)16-24-25-23(12-13-26-24)27-19(4)28-25/h8-13,18,21H,6-7,14-17H2,1-5H3,(H,27,28)/t21-/m0/s1. The molecule has 0 fully saturated rings. The lowest BCUT2D eigenvalue weighted by Crippen LogP contribution is -2.41. The quantitative estimate of drug-likeness (QED) is 0.386. The number of aryl methyl sites for hydroxylation is 1. The number of nitrogens with one attached hydrogen (secondary N) is 1. The summed E-state index contributed by atoms with van der Waals surface area (Å²) in [6.45, 7) is 9.30. The number of hydrogen-bond acceptors (Lipinski definition) is 5. The molecule has 0 saturated heterocycles. The minimum Gasteiger partial charge on any atom is -0.380 e. The molecule has 2 aromatic heterocycles. The van der Waals surface area contributed by atoms with Gasteiger partial charge in [-0.15, -0.1) is 0 Å². The van der Waals surface area contributed by atoms with E-state index in [1.54, 1.807) is 25.4 Å². The highest BCUT2D eigenvalue weighted by Gasteiger charge is 2.28. The van der Waals surface area contributed by atoms with Crippen LogP contribution in [0.15, 0.2) is 41.4 Å². The third-order valence-corrected chi connectivity index (χ3v) is 7.71. The van der Waals surface area contributed by atoms with Crippen molar-refractivity contribution in [3.05, 3.63) is 53.6 Å². The molecule has 33 heavy (non-hydrogen) atoms. The second-order valence-corrected chi connectivity index (χ2v) is 11.0. The molecule has 180 valence electrons. The molecule has 0 radical (unpaired) electrons. The van der Waals surface area contributed by atoms with Crippen LogP contribution in [-0.2, 0) is 21.2 Å². The van der Waals surface area contributed by atoms with E-state index in [4.69, 9.17) is 4.74 Å². The molecule has 0 aliphatic rings. The molecule has 1 atom stereocenters. The lowest BCUT2D eigenvalue weighted by molar-refractivity contribution is 0.0843. The van der Waals surface area contributed by atoms with Gasteiger partial charge in [-0.1, -0.05) is 39.3 Å². The van der Waals surface area contributed by atoms with Gasteiger partial charge in [-0.05, 0) is 49.4 Å². The van der Waals surface area contributed by atoms with Crippen molar-refractivity contribution >= 4 is 21.1 Å². The topological polar surface area (TPSA) is 88.2 Å². The van der Waals surface area contributed by atoms with Crippen molar-refractivity contribution in [2.24, 2.45) is 5.92 Å². The highest BCUT2D eigenvalue weighted by atomic mass is 32.2. The van der Waals surface area contributed by atoms with E-state index in [0.29, 0.717) is 30.4 Å². The molecular formula is C25H36N4O3S. The maximum Gasteiger partial charge on any atom is 0.243 e. The molecule has 8 heteroatoms. The van der Waals surface area contributed by atoms with E-state index in [1.165, 1.54) is 4.31 Å². The summed E-state index contributed by atoms with van der Waals surface area (Å²) in [6.07, 6.45) is 5.13. The zero-order valence-corrected chi connectivity index (χ0v) is 21.2. The number of aromatic nitrogens is 3. The van der Waals surface area contributed by atoms with E-state index in [1.807, 2.05) is 25.1 Å². The Labute approximate surface area is 197 Å². The van der Waals surface area contributed by atoms with Crippen LogP contribution in [0.1, 0.15) is 57.1 Å². The predicted molar refractivity (Wildman–Crippen MR) is 132 cm³/mol. The van der Waals surface area contributed by atoms with Crippen LogP contribution in [0.3, 0.4) is 0 Å². The Morgan fingerprint density at radius 2 is 1.88 bits per heavy atom. The van der Waals surface area contributed by atoms with Crippen LogP contribution in [0.5, 0.6) is 0 Å². The van der Waals surface area contributed by atoms with Crippen LogP contribution >= 0.6 is 0 Å². The minimum atomic E-state index is -3.63. The first kappa shape index (κ1) is 25.3. The number of fused-ring (bicyclic) bond motifs is 1. The van der Waals surface area contributed by atoms with Gasteiger partial charge < -0.3 is 9.72 Å². The van der Waals surface area contributed by atoms with E-state index < -0.39 is 10.0 Å². The second kappa shape index (κ2) is 11.2. The Morgan fingerprint density at radius 3 is 2.55 bits per heavy atom. The van der Waals surface area contributed by atoms with E-state index in [-0.39, 0.29) is 6.04 Å². The smallest absolute Gasteiger partial charge is 0.243 e. The number of sulfonamides is 1. The molecular weight excluding hydrogens is 436 g/mol. The van der Waals surface area contributed by atoms with Crippen LogP contribution in [0.25, 0.3) is 11.0 Å². The minimum absolute atomic E-state index is 0.197. The number of nitrogens with zero attached hydrogens (tertiary/aromatic N) is 3. The summed E-state index contributed by atoms with van der Waals surface area (Å²) in [5.74, 6) is 1.21. The van der Waals surface area contributed by atoms with Crippen LogP contribution in [0.4, 0.5) is 0 Å². The third kappa shape index (κ3) is 6.40. The molecule has 0 aliphatic heterocycles. The summed E-state index contributed by atoms with van der Waals surface area (Å²) in [5.41, 5.74) is 3.69. The summed E-state index contributed by atoms with van der Waals surface area (Å²) < 4.78 is 33.9. The molecule has 1 aromatic carbocycles. The number of hydrogen-bond donors (Lipinski definition) is 1. The number of pyridine rings is 1. The van der Waals surface area contributed by atoms with Gasteiger partial charge >= 0.3 is 0 Å². The van der Waals surface area contributed by atoms with Crippen molar-refractivity contribution in [2.75, 3.05) is 20.3 Å². The lowest BCUT2D eigenvalue weighted by Gasteiger charge is -2.29. The van der Waals surface area contributed by atoms with Gasteiger partial charge in [0.05, 0.1) is 28.2 Å². The molecule has 0 bridgehead atoms. The number of rotatable bonds is 12. The average Bonchev–Trinajstić information content (AvgIpc) is 3.17. The number of aromatic amines is 1. The number of likely N-dealkylation sites (N-methyl/N-ethyl adjacent to an activating group) is 1. The van der Waals surface area contributed by atoms with E-state index in [2.05, 4.69) is 35.7 Å². The first-order chi connectivity index (χ1) is 15.7. The summed E-state index contributed by atoms with van der Waals surface area (Å²) in [4.78, 5) is 12.5. The van der Waals surface area contributed by atoms with Crippen molar-refractivity contribution in [2.45, 2.75) is 64.3 Å². The summed E-state index contributed by atoms with van der Waals surface area (Å²) in [5, 5.41) is 0. The number of H-pyrrole nitrogens is 1. The SMILES string of the molecule is CCCCOC[C@H](CC(C)C)N(C)S(=O)(=O)c1ccc(Cc2nccc3nc(C)[nH]c23)cc1. The number of imidazole rings is 1. The Hall–Kier alpha value is -2.29. The normalized spacial score (nSPS) is 13.3. The largest absolute Gasteiger partial charge is 0.380 e. The maximum absolute atomic E-state index is 13.3. The van der Waals surface area contributed by atoms with E-state index in [9.17, 15) is 8.42 Å². The highest BCUT2D eigenvalue weighted by Crippen LogP contribution is 2.23. The van der Waals surface area contributed by atoms with Gasteiger partial charge in [-0.2, -0.15) is 4.31 Å². The van der Waals surface area contributed by atoms with Crippen LogP contribution in [-0.4, -0.2) is 54.0 Å². The average molecular weight is 473 g/mol. The molecule has 3 rings (SSSR count). The van der Waals surface area contributed by atoms with Crippen LogP contribution < -0.4 is 0 Å². The third-order valence-electron chi connectivity index (χ3n) is 5.78. The molecule has 0 spiro atoms. The van der Waals surface area contributed by atoms with Gasteiger partial charge in [0.2, 0.25) is 10.0 Å². The zero-order chi connectivity index (χ0) is 24.0. The summed E-state index contributed by atoms with van der Waals surface area (Å²) >= 11 is 0. The van der Waals surface area contributed by atoms with Gasteiger partial charge in [0.25, 0.3) is 0 Å². The fourth-order valence-corrected chi connectivity index (χ4v) is 5.26. The van der Waals surface area contributed by atoms with Gasteiger partial charge in [-0.3, -0.25) is 4.98 Å².